The summed E-state index contributed by atoms with van der Waals surface area (Å²) in [7, 11) is 0. The van der Waals surface area contributed by atoms with Crippen LogP contribution < -0.4 is 4.90 Å². The number of fused-ring (bicyclic) bond motifs is 7. The number of para-hydroxylation sites is 3. The fourth-order valence-electron chi connectivity index (χ4n) is 8.52. The molecule has 2 aromatic heterocycles. The summed E-state index contributed by atoms with van der Waals surface area (Å²) in [5, 5.41) is 7.49. The molecule has 9 aromatic carbocycles. The number of hydrogen-bond acceptors (Lipinski definition) is 2. The Bertz CT molecular complexity index is 3200. The van der Waals surface area contributed by atoms with Gasteiger partial charge in [-0.1, -0.05) is 164 Å². The van der Waals surface area contributed by atoms with Crippen molar-refractivity contribution < 1.29 is 0 Å². The standard InChI is InChI=1S/C52H34N2S/c1-2-19-38(20-3-1)54-49-29-11-9-24-45(49)52-50(54)46-27-14-26-44(51(46)55-52)43-23-8-10-28-48(43)53(47-30-13-18-36-16-5-7-22-42(36)47)39-33-31-37(32-34-39)41-25-12-17-35-15-4-6-21-40(35)41/h1-34H. The zero-order valence-corrected chi connectivity index (χ0v) is 30.7. The summed E-state index contributed by atoms with van der Waals surface area (Å²) in [6, 6.07) is 75.0. The third-order valence-corrected chi connectivity index (χ3v) is 12.2. The van der Waals surface area contributed by atoms with Crippen molar-refractivity contribution in [2.24, 2.45) is 0 Å². The first-order valence-corrected chi connectivity index (χ1v) is 19.6. The Labute approximate surface area is 323 Å². The predicted octanol–water partition coefficient (Wildman–Crippen LogP) is 15.1. The van der Waals surface area contributed by atoms with E-state index in [0.29, 0.717) is 0 Å². The molecule has 3 heteroatoms. The summed E-state index contributed by atoms with van der Waals surface area (Å²) < 4.78 is 5.05. The summed E-state index contributed by atoms with van der Waals surface area (Å²) in [6.45, 7) is 0. The smallest absolute Gasteiger partial charge is 0.0727 e. The minimum Gasteiger partial charge on any atom is -0.309 e. The average Bonchev–Trinajstić information content (AvgIpc) is 3.79. The van der Waals surface area contributed by atoms with Crippen LogP contribution in [0.5, 0.6) is 0 Å². The molecule has 0 amide bonds. The Kier molecular flexibility index (Phi) is 7.39. The van der Waals surface area contributed by atoms with Crippen LogP contribution in [0.2, 0.25) is 0 Å². The van der Waals surface area contributed by atoms with Crippen LogP contribution in [0.3, 0.4) is 0 Å². The number of hydrogen-bond donors (Lipinski definition) is 0. The van der Waals surface area contributed by atoms with Gasteiger partial charge in [0.1, 0.15) is 0 Å². The number of anilines is 3. The van der Waals surface area contributed by atoms with Crippen LogP contribution in [0.25, 0.3) is 80.7 Å². The van der Waals surface area contributed by atoms with Gasteiger partial charge >= 0.3 is 0 Å². The molecule has 0 aliphatic carbocycles. The first kappa shape index (κ1) is 31.6. The van der Waals surface area contributed by atoms with Gasteiger partial charge < -0.3 is 9.47 Å². The van der Waals surface area contributed by atoms with E-state index in [-0.39, 0.29) is 0 Å². The maximum Gasteiger partial charge on any atom is 0.0727 e. The normalized spacial score (nSPS) is 11.6. The van der Waals surface area contributed by atoms with Crippen molar-refractivity contribution in [2.75, 3.05) is 4.90 Å². The summed E-state index contributed by atoms with van der Waals surface area (Å²) in [6.07, 6.45) is 0. The molecule has 0 N–H and O–H groups in total. The molecule has 0 saturated heterocycles. The maximum absolute atomic E-state index is 2.45. The van der Waals surface area contributed by atoms with Crippen molar-refractivity contribution >= 4 is 81.1 Å². The molecule has 0 fully saturated rings. The molecule has 11 rings (SSSR count). The molecule has 258 valence electrons. The zero-order valence-electron chi connectivity index (χ0n) is 29.9. The fourth-order valence-corrected chi connectivity index (χ4v) is 9.87. The van der Waals surface area contributed by atoms with Gasteiger partial charge in [-0.3, -0.25) is 0 Å². The van der Waals surface area contributed by atoms with Gasteiger partial charge in [0.15, 0.2) is 0 Å². The van der Waals surface area contributed by atoms with Crippen molar-refractivity contribution in [3.63, 3.8) is 0 Å². The molecule has 0 atom stereocenters. The molecule has 2 nitrogen and oxygen atoms in total. The predicted molar refractivity (Wildman–Crippen MR) is 237 cm³/mol. The largest absolute Gasteiger partial charge is 0.309 e. The molecule has 2 heterocycles. The Morgan fingerprint density at radius 2 is 0.927 bits per heavy atom. The van der Waals surface area contributed by atoms with E-state index in [1.165, 1.54) is 80.7 Å². The van der Waals surface area contributed by atoms with Gasteiger partial charge in [0.25, 0.3) is 0 Å². The van der Waals surface area contributed by atoms with Crippen LogP contribution in [0, 0.1) is 0 Å². The molecule has 0 spiro atoms. The van der Waals surface area contributed by atoms with Gasteiger partial charge in [0.05, 0.1) is 27.1 Å². The molecule has 0 aliphatic heterocycles. The quantitative estimate of drug-likeness (QED) is 0.166. The van der Waals surface area contributed by atoms with Gasteiger partial charge in [0.2, 0.25) is 0 Å². The summed E-state index contributed by atoms with van der Waals surface area (Å²) >= 11 is 1.90. The van der Waals surface area contributed by atoms with Crippen LogP contribution in [-0.2, 0) is 0 Å². The zero-order chi connectivity index (χ0) is 36.3. The molecule has 55 heavy (non-hydrogen) atoms. The Morgan fingerprint density at radius 3 is 1.76 bits per heavy atom. The van der Waals surface area contributed by atoms with Crippen molar-refractivity contribution in [1.82, 2.24) is 4.57 Å². The van der Waals surface area contributed by atoms with Gasteiger partial charge in [-0.25, -0.2) is 0 Å². The number of rotatable bonds is 6. The van der Waals surface area contributed by atoms with Crippen LogP contribution in [0.15, 0.2) is 206 Å². The first-order valence-electron chi connectivity index (χ1n) is 18.8. The van der Waals surface area contributed by atoms with Crippen molar-refractivity contribution in [1.29, 1.82) is 0 Å². The highest BCUT2D eigenvalue weighted by atomic mass is 32.1. The lowest BCUT2D eigenvalue weighted by Gasteiger charge is -2.29. The van der Waals surface area contributed by atoms with E-state index in [4.69, 9.17) is 0 Å². The number of thiophene rings is 1. The van der Waals surface area contributed by atoms with E-state index in [2.05, 4.69) is 216 Å². The molecule has 0 unspecified atom stereocenters. The van der Waals surface area contributed by atoms with E-state index in [1.807, 2.05) is 11.3 Å². The van der Waals surface area contributed by atoms with E-state index in [0.717, 1.165) is 17.1 Å². The molecule has 0 bridgehead atoms. The maximum atomic E-state index is 2.45. The van der Waals surface area contributed by atoms with Crippen molar-refractivity contribution in [2.45, 2.75) is 0 Å². The highest BCUT2D eigenvalue weighted by Gasteiger charge is 2.23. The van der Waals surface area contributed by atoms with Crippen LogP contribution in [0.1, 0.15) is 0 Å². The molecule has 0 aliphatic rings. The van der Waals surface area contributed by atoms with Gasteiger partial charge in [0, 0.05) is 43.4 Å². The molecule has 0 radical (unpaired) electrons. The van der Waals surface area contributed by atoms with E-state index < -0.39 is 0 Å². The minimum absolute atomic E-state index is 1.11. The second-order valence-corrected chi connectivity index (χ2v) is 15.1. The monoisotopic (exact) mass is 718 g/mol. The summed E-state index contributed by atoms with van der Waals surface area (Å²) in [5.41, 5.74) is 11.9. The average molecular weight is 719 g/mol. The molecule has 0 saturated carbocycles. The molecule has 11 aromatic rings. The summed E-state index contributed by atoms with van der Waals surface area (Å²) in [4.78, 5) is 2.45. The van der Waals surface area contributed by atoms with Gasteiger partial charge in [-0.15, -0.1) is 11.3 Å². The second kappa shape index (κ2) is 12.9. The van der Waals surface area contributed by atoms with Crippen molar-refractivity contribution in [3.8, 4) is 27.9 Å². The second-order valence-electron chi connectivity index (χ2n) is 14.1. The third kappa shape index (κ3) is 5.09. The fraction of sp³-hybridized carbons (Fsp3) is 0. The minimum atomic E-state index is 1.11. The summed E-state index contributed by atoms with van der Waals surface area (Å²) in [5.74, 6) is 0. The number of benzene rings is 9. The number of nitrogens with zero attached hydrogens (tertiary/aromatic N) is 2. The lowest BCUT2D eigenvalue weighted by atomic mass is 9.97. The Morgan fingerprint density at radius 1 is 0.364 bits per heavy atom. The van der Waals surface area contributed by atoms with Gasteiger partial charge in [-0.2, -0.15) is 0 Å². The Hall–Kier alpha value is -6.94. The van der Waals surface area contributed by atoms with E-state index in [1.54, 1.807) is 0 Å². The molecular formula is C52H34N2S. The lowest BCUT2D eigenvalue weighted by Crippen LogP contribution is -2.11. The topological polar surface area (TPSA) is 8.17 Å². The first-order chi connectivity index (χ1) is 27.3. The van der Waals surface area contributed by atoms with Crippen LogP contribution in [0.4, 0.5) is 17.1 Å². The lowest BCUT2D eigenvalue weighted by molar-refractivity contribution is 1.19. The molecular weight excluding hydrogens is 685 g/mol. The van der Waals surface area contributed by atoms with Crippen LogP contribution in [-0.4, -0.2) is 4.57 Å². The van der Waals surface area contributed by atoms with Gasteiger partial charge in [-0.05, 0) is 69.8 Å². The highest BCUT2D eigenvalue weighted by Crippen LogP contribution is 2.49. The SMILES string of the molecule is c1ccc(-n2c3ccccc3c3sc4c(-c5ccccc5N(c5ccc(-c6cccc7ccccc67)cc5)c5cccc6ccccc56)cccc4c32)cc1. The van der Waals surface area contributed by atoms with E-state index in [9.17, 15) is 0 Å². The Balaban J connectivity index is 1.14. The van der Waals surface area contributed by atoms with E-state index >= 15 is 0 Å². The number of aromatic nitrogens is 1. The third-order valence-electron chi connectivity index (χ3n) is 11.0. The highest BCUT2D eigenvalue weighted by molar-refractivity contribution is 7.27. The van der Waals surface area contributed by atoms with Crippen LogP contribution >= 0.6 is 11.3 Å². The van der Waals surface area contributed by atoms with Crippen molar-refractivity contribution in [3.05, 3.63) is 206 Å².